The Kier molecular flexibility index (Phi) is 4.96. The van der Waals surface area contributed by atoms with Crippen molar-refractivity contribution in [2.75, 3.05) is 6.54 Å². The largest absolute Gasteiger partial charge is 0.464 e. The number of hydrogen-bond acceptors (Lipinski definition) is 5. The lowest BCUT2D eigenvalue weighted by atomic mass is 9.91. The molecule has 6 nitrogen and oxygen atoms in total. The third kappa shape index (κ3) is 3.91. The van der Waals surface area contributed by atoms with Crippen LogP contribution >= 0.6 is 0 Å². The van der Waals surface area contributed by atoms with Crippen molar-refractivity contribution in [2.45, 2.75) is 69.6 Å². The van der Waals surface area contributed by atoms with Gasteiger partial charge in [0, 0.05) is 24.6 Å². The van der Waals surface area contributed by atoms with Gasteiger partial charge in [0.1, 0.15) is 17.6 Å². The van der Waals surface area contributed by atoms with Crippen LogP contribution < -0.4 is 10.9 Å². The van der Waals surface area contributed by atoms with E-state index in [1.807, 2.05) is 25.1 Å². The fraction of sp³-hybridized carbons (Fsp3) is 0.600. The molecule has 2 heterocycles. The van der Waals surface area contributed by atoms with Crippen molar-refractivity contribution in [2.24, 2.45) is 0 Å². The molecule has 6 heteroatoms. The van der Waals surface area contributed by atoms with Crippen molar-refractivity contribution in [1.29, 1.82) is 0 Å². The Morgan fingerprint density at radius 1 is 1.19 bits per heavy atom. The number of rotatable bonds is 6. The smallest absolute Gasteiger partial charge is 0.267 e. The van der Waals surface area contributed by atoms with Crippen LogP contribution in [0.5, 0.6) is 0 Å². The summed E-state index contributed by atoms with van der Waals surface area (Å²) in [6.07, 6.45) is 5.61. The number of hydrogen-bond donors (Lipinski definition) is 2. The molecule has 140 valence electrons. The molecule has 2 N–H and O–H groups in total. The zero-order chi connectivity index (χ0) is 18.1. The number of aliphatic hydroxyl groups is 1. The molecule has 0 saturated heterocycles. The summed E-state index contributed by atoms with van der Waals surface area (Å²) >= 11 is 0. The lowest BCUT2D eigenvalue weighted by Gasteiger charge is -2.30. The first-order chi connectivity index (χ1) is 12.6. The molecule has 4 rings (SSSR count). The third-order valence-corrected chi connectivity index (χ3v) is 5.57. The van der Waals surface area contributed by atoms with Gasteiger partial charge in [0.15, 0.2) is 0 Å². The van der Waals surface area contributed by atoms with Crippen molar-refractivity contribution in [3.8, 4) is 0 Å². The minimum absolute atomic E-state index is 0.00872. The zero-order valence-corrected chi connectivity index (χ0v) is 15.2. The Morgan fingerprint density at radius 2 is 1.96 bits per heavy atom. The van der Waals surface area contributed by atoms with Gasteiger partial charge in [-0.05, 0) is 63.6 Å². The van der Waals surface area contributed by atoms with Gasteiger partial charge >= 0.3 is 0 Å². The minimum Gasteiger partial charge on any atom is -0.464 e. The molecule has 0 bridgehead atoms. The molecule has 0 radical (unpaired) electrons. The van der Waals surface area contributed by atoms with Gasteiger partial charge in [0.2, 0.25) is 0 Å². The van der Waals surface area contributed by atoms with E-state index in [1.54, 1.807) is 10.7 Å². The second-order valence-electron chi connectivity index (χ2n) is 7.69. The molecule has 0 aliphatic heterocycles. The highest BCUT2D eigenvalue weighted by molar-refractivity contribution is 5.13. The molecular formula is C20H27N3O3. The Hall–Kier alpha value is -1.92. The van der Waals surface area contributed by atoms with Crippen LogP contribution in [0, 0.1) is 6.92 Å². The molecule has 0 aromatic carbocycles. The Balaban J connectivity index is 1.30. The predicted octanol–water partition coefficient (Wildman–Crippen LogP) is 2.83. The number of aliphatic hydroxyl groups excluding tert-OH is 1. The van der Waals surface area contributed by atoms with E-state index >= 15 is 0 Å². The van der Waals surface area contributed by atoms with Gasteiger partial charge in [-0.1, -0.05) is 0 Å². The first kappa shape index (κ1) is 17.5. The van der Waals surface area contributed by atoms with Gasteiger partial charge in [0.05, 0.1) is 11.7 Å². The molecule has 0 spiro atoms. The van der Waals surface area contributed by atoms with Gasteiger partial charge in [-0.2, -0.15) is 5.10 Å². The van der Waals surface area contributed by atoms with E-state index < -0.39 is 6.10 Å². The molecule has 0 amide bonds. The molecule has 2 aromatic heterocycles. The molecule has 2 aliphatic carbocycles. The molecule has 1 atom stereocenters. The summed E-state index contributed by atoms with van der Waals surface area (Å²) in [4.78, 5) is 12.2. The molecular weight excluding hydrogens is 330 g/mol. The zero-order valence-electron chi connectivity index (χ0n) is 15.2. The standard InChI is InChI=1S/C20H27N3O3/c1-13-2-10-19(26-13)18(24)12-21-15-5-7-16(8-6-15)23-20(25)11-9-17(22-23)14-3-4-14/h2,9-11,14-16,18,21,24H,3-8,12H2,1H3. The number of furan rings is 1. The van der Waals surface area contributed by atoms with E-state index in [0.29, 0.717) is 24.3 Å². The quantitative estimate of drug-likeness (QED) is 0.831. The van der Waals surface area contributed by atoms with Crippen molar-refractivity contribution >= 4 is 0 Å². The SMILES string of the molecule is Cc1ccc(C(O)CNC2CCC(n3nc(C4CC4)ccc3=O)CC2)o1. The summed E-state index contributed by atoms with van der Waals surface area (Å²) in [7, 11) is 0. The van der Waals surface area contributed by atoms with Gasteiger partial charge in [0.25, 0.3) is 5.56 Å². The van der Waals surface area contributed by atoms with E-state index in [4.69, 9.17) is 4.42 Å². The Labute approximate surface area is 153 Å². The van der Waals surface area contributed by atoms with E-state index in [1.165, 1.54) is 12.8 Å². The van der Waals surface area contributed by atoms with Crippen LogP contribution in [0.1, 0.15) is 73.8 Å². The van der Waals surface area contributed by atoms with Crippen molar-refractivity contribution < 1.29 is 9.52 Å². The van der Waals surface area contributed by atoms with Crippen molar-refractivity contribution in [3.05, 3.63) is 51.8 Å². The van der Waals surface area contributed by atoms with Crippen LogP contribution in [0.4, 0.5) is 0 Å². The molecule has 2 saturated carbocycles. The topological polar surface area (TPSA) is 80.3 Å². The average Bonchev–Trinajstić information content (AvgIpc) is 3.41. The normalized spacial score (nSPS) is 24.5. The number of nitrogens with one attached hydrogen (secondary N) is 1. The summed E-state index contributed by atoms with van der Waals surface area (Å²) in [6, 6.07) is 7.80. The van der Waals surface area contributed by atoms with Crippen LogP contribution in [-0.4, -0.2) is 27.5 Å². The van der Waals surface area contributed by atoms with Crippen molar-refractivity contribution in [3.63, 3.8) is 0 Å². The van der Waals surface area contributed by atoms with Gasteiger partial charge < -0.3 is 14.8 Å². The van der Waals surface area contributed by atoms with Crippen LogP contribution in [-0.2, 0) is 0 Å². The van der Waals surface area contributed by atoms with Crippen molar-refractivity contribution in [1.82, 2.24) is 15.1 Å². The minimum atomic E-state index is -0.624. The molecule has 2 aliphatic rings. The maximum absolute atomic E-state index is 12.2. The molecule has 2 aromatic rings. The number of aryl methyl sites for hydroxylation is 1. The summed E-state index contributed by atoms with van der Waals surface area (Å²) in [6.45, 7) is 2.36. The summed E-state index contributed by atoms with van der Waals surface area (Å²) < 4.78 is 7.19. The van der Waals surface area contributed by atoms with Crippen LogP contribution in [0.25, 0.3) is 0 Å². The fourth-order valence-electron chi connectivity index (χ4n) is 3.83. The van der Waals surface area contributed by atoms with Crippen LogP contribution in [0.2, 0.25) is 0 Å². The number of nitrogens with zero attached hydrogens (tertiary/aromatic N) is 2. The van der Waals surface area contributed by atoms with E-state index in [-0.39, 0.29) is 11.6 Å². The molecule has 26 heavy (non-hydrogen) atoms. The summed E-state index contributed by atoms with van der Waals surface area (Å²) in [5.41, 5.74) is 1.08. The van der Waals surface area contributed by atoms with E-state index in [9.17, 15) is 9.90 Å². The second-order valence-corrected chi connectivity index (χ2v) is 7.69. The van der Waals surface area contributed by atoms with Gasteiger partial charge in [-0.3, -0.25) is 4.79 Å². The highest BCUT2D eigenvalue weighted by Crippen LogP contribution is 2.38. The molecule has 2 fully saturated rings. The maximum Gasteiger partial charge on any atom is 0.267 e. The maximum atomic E-state index is 12.2. The third-order valence-electron chi connectivity index (χ3n) is 5.57. The summed E-state index contributed by atoms with van der Waals surface area (Å²) in [5.74, 6) is 1.98. The lowest BCUT2D eigenvalue weighted by Crippen LogP contribution is -2.38. The Bertz CT molecular complexity index is 801. The van der Waals surface area contributed by atoms with Crippen LogP contribution in [0.3, 0.4) is 0 Å². The van der Waals surface area contributed by atoms with Gasteiger partial charge in [-0.25, -0.2) is 4.68 Å². The predicted molar refractivity (Wildman–Crippen MR) is 98.2 cm³/mol. The average molecular weight is 357 g/mol. The fourth-order valence-corrected chi connectivity index (χ4v) is 3.83. The first-order valence-corrected chi connectivity index (χ1v) is 9.67. The molecule has 1 unspecified atom stereocenters. The number of aromatic nitrogens is 2. The van der Waals surface area contributed by atoms with E-state index in [2.05, 4.69) is 10.4 Å². The summed E-state index contributed by atoms with van der Waals surface area (Å²) in [5, 5.41) is 18.3. The Morgan fingerprint density at radius 3 is 2.62 bits per heavy atom. The lowest BCUT2D eigenvalue weighted by molar-refractivity contribution is 0.136. The monoisotopic (exact) mass is 357 g/mol. The highest BCUT2D eigenvalue weighted by atomic mass is 16.4. The highest BCUT2D eigenvalue weighted by Gasteiger charge is 2.28. The van der Waals surface area contributed by atoms with Crippen LogP contribution in [0.15, 0.2) is 33.5 Å². The second kappa shape index (κ2) is 7.37. The first-order valence-electron chi connectivity index (χ1n) is 9.67. The van der Waals surface area contributed by atoms with Gasteiger partial charge in [-0.15, -0.1) is 0 Å². The van der Waals surface area contributed by atoms with E-state index in [0.717, 1.165) is 37.1 Å².